The van der Waals surface area contributed by atoms with Crippen LogP contribution in [0, 0.1) is 0 Å². The second-order valence-corrected chi connectivity index (χ2v) is 7.43. The quantitative estimate of drug-likeness (QED) is 0.525. The largest absolute Gasteiger partial charge is 0.394 e. The number of aryl methyl sites for hydroxylation is 1. The van der Waals surface area contributed by atoms with Crippen molar-refractivity contribution in [2.24, 2.45) is 14.1 Å². The first-order chi connectivity index (χ1) is 12.8. The minimum atomic E-state index is -1.44. The Kier molecular flexibility index (Phi) is 5.13. The molecule has 0 aliphatic rings. The zero-order valence-electron chi connectivity index (χ0n) is 14.9. The Morgan fingerprint density at radius 1 is 0.963 bits per heavy atom. The Morgan fingerprint density at radius 3 is 2.04 bits per heavy atom. The van der Waals surface area contributed by atoms with Crippen molar-refractivity contribution in [3.8, 4) is 11.3 Å². The van der Waals surface area contributed by atoms with E-state index in [2.05, 4.69) is 15.9 Å². The number of nitrogens with zero attached hydrogens (tertiary/aromatic N) is 3. The topological polar surface area (TPSA) is 110 Å². The normalized spacial score (nSPS) is 12.1. The number of aliphatic hydroxyl groups is 3. The van der Waals surface area contributed by atoms with Crippen LogP contribution in [0.5, 0.6) is 0 Å². The van der Waals surface area contributed by atoms with Crippen LogP contribution in [0.25, 0.3) is 22.2 Å². The summed E-state index contributed by atoms with van der Waals surface area (Å²) in [7, 11) is 2.93. The Balaban J connectivity index is 2.56. The number of aliphatic hydroxyl groups excluding tert-OH is 3. The molecule has 3 aromatic rings. The lowest BCUT2D eigenvalue weighted by molar-refractivity contribution is 0.0168. The van der Waals surface area contributed by atoms with E-state index >= 15 is 0 Å². The second kappa shape index (κ2) is 7.08. The number of rotatable bonds is 5. The van der Waals surface area contributed by atoms with Gasteiger partial charge in [-0.25, -0.2) is 4.79 Å². The Labute approximate surface area is 162 Å². The first-order valence-electron chi connectivity index (χ1n) is 8.21. The maximum Gasteiger partial charge on any atom is 0.330 e. The van der Waals surface area contributed by atoms with Gasteiger partial charge in [-0.1, -0.05) is 28.1 Å². The van der Waals surface area contributed by atoms with Crippen LogP contribution in [0.1, 0.15) is 0 Å². The summed E-state index contributed by atoms with van der Waals surface area (Å²) in [5.74, 6) is 0. The molecule has 0 aliphatic heterocycles. The summed E-state index contributed by atoms with van der Waals surface area (Å²) < 4.78 is 4.66. The highest BCUT2D eigenvalue weighted by molar-refractivity contribution is 9.10. The molecule has 8 nitrogen and oxygen atoms in total. The number of fused-ring (bicyclic) bond motifs is 1. The van der Waals surface area contributed by atoms with Crippen molar-refractivity contribution in [1.82, 2.24) is 13.7 Å². The van der Waals surface area contributed by atoms with E-state index in [0.717, 1.165) is 9.04 Å². The molecule has 144 valence electrons. The molecule has 0 unspecified atom stereocenters. The molecule has 0 aliphatic carbocycles. The third-order valence-electron chi connectivity index (χ3n) is 4.95. The van der Waals surface area contributed by atoms with Crippen LogP contribution in [0.15, 0.2) is 44.5 Å². The van der Waals surface area contributed by atoms with Gasteiger partial charge >= 0.3 is 5.69 Å². The molecule has 2 heterocycles. The maximum absolute atomic E-state index is 12.9. The number of hydrogen-bond donors (Lipinski definition) is 3. The molecule has 0 amide bonds. The molecule has 0 bridgehead atoms. The third kappa shape index (κ3) is 2.87. The standard InChI is InChI=1S/C18H20BrN3O5/c1-20-13-7-22(18(8-23,9-24)10-25)15(11-3-5-12(19)6-4-11)14(13)16(26)21(2)17(20)27/h3-7,23-25H,8-10H2,1-2H3. The number of benzene rings is 1. The van der Waals surface area contributed by atoms with E-state index < -0.39 is 36.6 Å². The molecule has 3 N–H and O–H groups in total. The number of hydrogen-bond acceptors (Lipinski definition) is 5. The van der Waals surface area contributed by atoms with Crippen LogP contribution >= 0.6 is 15.9 Å². The summed E-state index contributed by atoms with van der Waals surface area (Å²) in [5, 5.41) is 30.0. The lowest BCUT2D eigenvalue weighted by atomic mass is 10.0. The van der Waals surface area contributed by atoms with Crippen LogP contribution < -0.4 is 11.2 Å². The zero-order chi connectivity index (χ0) is 19.9. The van der Waals surface area contributed by atoms with E-state index in [1.807, 2.05) is 0 Å². The van der Waals surface area contributed by atoms with Gasteiger partial charge in [0.25, 0.3) is 5.56 Å². The van der Waals surface area contributed by atoms with Gasteiger partial charge in [0.15, 0.2) is 0 Å². The van der Waals surface area contributed by atoms with Crippen molar-refractivity contribution in [2.45, 2.75) is 5.54 Å². The van der Waals surface area contributed by atoms with E-state index in [1.165, 1.54) is 22.4 Å². The van der Waals surface area contributed by atoms with E-state index in [4.69, 9.17) is 0 Å². The van der Waals surface area contributed by atoms with Gasteiger partial charge in [-0.2, -0.15) is 0 Å². The fraction of sp³-hybridized carbons (Fsp3) is 0.333. The minimum absolute atomic E-state index is 0.265. The number of halogens is 1. The molecule has 0 saturated heterocycles. The monoisotopic (exact) mass is 437 g/mol. The summed E-state index contributed by atoms with van der Waals surface area (Å²) in [6.07, 6.45) is 1.51. The van der Waals surface area contributed by atoms with Gasteiger partial charge in [0, 0.05) is 24.8 Å². The SMILES string of the molecule is Cn1c(=O)c2c(-c3ccc(Br)cc3)n(C(CO)(CO)CO)cc2n(C)c1=O. The Morgan fingerprint density at radius 2 is 1.52 bits per heavy atom. The first-order valence-corrected chi connectivity index (χ1v) is 9.00. The maximum atomic E-state index is 12.9. The van der Waals surface area contributed by atoms with E-state index in [-0.39, 0.29) is 5.39 Å². The Hall–Kier alpha value is -2.20. The predicted octanol–water partition coefficient (Wildman–Crippen LogP) is 0.140. The molecular formula is C18H20BrN3O5. The molecule has 0 saturated carbocycles. The molecule has 9 heteroatoms. The first kappa shape index (κ1) is 19.6. The van der Waals surface area contributed by atoms with Crippen molar-refractivity contribution in [3.05, 3.63) is 55.8 Å². The van der Waals surface area contributed by atoms with Crippen LogP contribution in [0.4, 0.5) is 0 Å². The van der Waals surface area contributed by atoms with Crippen molar-refractivity contribution in [2.75, 3.05) is 19.8 Å². The van der Waals surface area contributed by atoms with Gasteiger partial charge in [-0.05, 0) is 17.7 Å². The van der Waals surface area contributed by atoms with Gasteiger partial charge in [0.2, 0.25) is 0 Å². The molecular weight excluding hydrogens is 418 g/mol. The van der Waals surface area contributed by atoms with Crippen molar-refractivity contribution >= 4 is 26.8 Å². The average molecular weight is 438 g/mol. The minimum Gasteiger partial charge on any atom is -0.394 e. The van der Waals surface area contributed by atoms with E-state index in [1.54, 1.807) is 31.3 Å². The lowest BCUT2D eigenvalue weighted by Gasteiger charge is -2.31. The summed E-state index contributed by atoms with van der Waals surface area (Å²) in [4.78, 5) is 25.2. The summed E-state index contributed by atoms with van der Waals surface area (Å²) in [6, 6.07) is 7.14. The molecule has 27 heavy (non-hydrogen) atoms. The second-order valence-electron chi connectivity index (χ2n) is 6.52. The highest BCUT2D eigenvalue weighted by Gasteiger charge is 2.34. The summed E-state index contributed by atoms with van der Waals surface area (Å²) >= 11 is 3.37. The van der Waals surface area contributed by atoms with Crippen LogP contribution in [-0.4, -0.2) is 48.8 Å². The highest BCUT2D eigenvalue weighted by Crippen LogP contribution is 2.33. The van der Waals surface area contributed by atoms with E-state index in [0.29, 0.717) is 16.8 Å². The van der Waals surface area contributed by atoms with Crippen molar-refractivity contribution in [3.63, 3.8) is 0 Å². The van der Waals surface area contributed by atoms with Crippen LogP contribution in [0.2, 0.25) is 0 Å². The smallest absolute Gasteiger partial charge is 0.330 e. The molecule has 0 fully saturated rings. The molecule has 2 aromatic heterocycles. The molecule has 1 aromatic carbocycles. The fourth-order valence-corrected chi connectivity index (χ4v) is 3.45. The third-order valence-corrected chi connectivity index (χ3v) is 5.48. The van der Waals surface area contributed by atoms with Crippen LogP contribution in [-0.2, 0) is 19.6 Å². The van der Waals surface area contributed by atoms with E-state index in [9.17, 15) is 24.9 Å². The fourth-order valence-electron chi connectivity index (χ4n) is 3.18. The van der Waals surface area contributed by atoms with Crippen molar-refractivity contribution < 1.29 is 15.3 Å². The zero-order valence-corrected chi connectivity index (χ0v) is 16.5. The molecule has 0 radical (unpaired) electrons. The number of aromatic nitrogens is 3. The van der Waals surface area contributed by atoms with Gasteiger partial charge < -0.3 is 19.9 Å². The average Bonchev–Trinajstić information content (AvgIpc) is 3.08. The van der Waals surface area contributed by atoms with Gasteiger partial charge in [0.05, 0.1) is 36.4 Å². The van der Waals surface area contributed by atoms with Gasteiger partial charge in [-0.3, -0.25) is 13.9 Å². The molecule has 0 spiro atoms. The Bertz CT molecular complexity index is 1100. The van der Waals surface area contributed by atoms with Crippen molar-refractivity contribution in [1.29, 1.82) is 0 Å². The summed E-state index contributed by atoms with van der Waals surface area (Å²) in [5.41, 5.74) is -1.03. The lowest BCUT2D eigenvalue weighted by Crippen LogP contribution is -2.44. The molecule has 0 atom stereocenters. The molecule has 3 rings (SSSR count). The summed E-state index contributed by atoms with van der Waals surface area (Å²) in [6.45, 7) is -1.67. The van der Waals surface area contributed by atoms with Gasteiger partial charge in [0.1, 0.15) is 5.54 Å². The highest BCUT2D eigenvalue weighted by atomic mass is 79.9. The van der Waals surface area contributed by atoms with Crippen LogP contribution in [0.3, 0.4) is 0 Å². The van der Waals surface area contributed by atoms with Gasteiger partial charge in [-0.15, -0.1) is 0 Å². The predicted molar refractivity (Wildman–Crippen MR) is 105 cm³/mol.